The monoisotopic (exact) mass is 536 g/mol. The van der Waals surface area contributed by atoms with E-state index in [2.05, 4.69) is 87.8 Å². The Morgan fingerprint density at radius 3 is 2.16 bits per heavy atom. The fraction of sp³-hybridized carbons (Fsp3) is 0.419. The van der Waals surface area contributed by atoms with E-state index < -0.39 is 11.7 Å². The number of amides is 1. The fourth-order valence-electron chi connectivity index (χ4n) is 4.14. The van der Waals surface area contributed by atoms with Crippen molar-refractivity contribution in [1.29, 1.82) is 0 Å². The highest BCUT2D eigenvalue weighted by molar-refractivity contribution is 7.99. The molecule has 3 aromatic rings. The zero-order valence-electron chi connectivity index (χ0n) is 23.4. The van der Waals surface area contributed by atoms with Gasteiger partial charge in [-0.05, 0) is 94.2 Å². The largest absolute Gasteiger partial charge is 0.444 e. The number of carbonyl (C=O) groups is 1. The molecule has 0 aliphatic heterocycles. The molecule has 1 amide bonds. The molecule has 1 N–H and O–H groups in total. The van der Waals surface area contributed by atoms with Gasteiger partial charge in [0.1, 0.15) is 5.60 Å². The number of carbonyl (C=O) groups excluding carboxylic acids is 1. The average molecular weight is 537 g/mol. The molecule has 2 aromatic carbocycles. The van der Waals surface area contributed by atoms with Crippen LogP contribution in [0.4, 0.5) is 4.79 Å². The van der Waals surface area contributed by atoms with Crippen LogP contribution in [0.2, 0.25) is 0 Å². The second-order valence-electron chi connectivity index (χ2n) is 10.8. The zero-order chi connectivity index (χ0) is 27.2. The molecule has 0 aliphatic carbocycles. The lowest BCUT2D eigenvalue weighted by atomic mass is 9.90. The molecule has 0 saturated carbocycles. The normalized spacial score (nSPS) is 11.6. The van der Waals surface area contributed by atoms with Crippen molar-refractivity contribution in [3.05, 3.63) is 76.6 Å². The average Bonchev–Trinajstić information content (AvgIpc) is 2.82. The molecule has 6 heteroatoms. The second kappa shape index (κ2) is 12.9. The van der Waals surface area contributed by atoms with E-state index >= 15 is 0 Å². The predicted molar refractivity (Wildman–Crippen MR) is 159 cm³/mol. The van der Waals surface area contributed by atoms with Crippen molar-refractivity contribution in [2.75, 3.05) is 6.26 Å². The summed E-state index contributed by atoms with van der Waals surface area (Å²) in [7, 11) is 0. The standard InChI is InChI=1S/C31H40N2O2S2/c1-20(2)17-28-26(18-32-30(34)35-31(5,6)7)29(23-11-9-21(3)10-12-23)27(22(4)33-28)19-37-25-15-13-24(36-8)14-16-25/h9-16,20H,17-19H2,1-8H3,(H,32,34). The highest BCUT2D eigenvalue weighted by Gasteiger charge is 2.22. The lowest BCUT2D eigenvalue weighted by molar-refractivity contribution is 0.0523. The number of benzene rings is 2. The minimum absolute atomic E-state index is 0.369. The second-order valence-corrected chi connectivity index (χ2v) is 12.7. The molecule has 1 aromatic heterocycles. The third kappa shape index (κ3) is 8.54. The van der Waals surface area contributed by atoms with Crippen LogP contribution in [0.1, 0.15) is 62.7 Å². The molecule has 37 heavy (non-hydrogen) atoms. The van der Waals surface area contributed by atoms with E-state index in [1.807, 2.05) is 32.5 Å². The molecule has 0 aliphatic rings. The minimum atomic E-state index is -0.552. The van der Waals surface area contributed by atoms with Crippen LogP contribution in [-0.4, -0.2) is 22.9 Å². The molecule has 0 atom stereocenters. The molecular weight excluding hydrogens is 496 g/mol. The first-order valence-electron chi connectivity index (χ1n) is 12.8. The molecule has 0 spiro atoms. The van der Waals surface area contributed by atoms with Crippen molar-refractivity contribution in [1.82, 2.24) is 10.3 Å². The van der Waals surface area contributed by atoms with E-state index in [1.54, 1.807) is 11.8 Å². The summed E-state index contributed by atoms with van der Waals surface area (Å²) in [5, 5.41) is 3.01. The van der Waals surface area contributed by atoms with Gasteiger partial charge in [-0.2, -0.15) is 0 Å². The van der Waals surface area contributed by atoms with Crippen molar-refractivity contribution in [3.8, 4) is 11.1 Å². The third-order valence-corrected chi connectivity index (χ3v) is 7.67. The Hall–Kier alpha value is -2.44. The molecule has 3 rings (SSSR count). The van der Waals surface area contributed by atoms with Crippen LogP contribution in [0.3, 0.4) is 0 Å². The topological polar surface area (TPSA) is 51.2 Å². The van der Waals surface area contributed by atoms with Gasteiger partial charge in [-0.3, -0.25) is 4.98 Å². The highest BCUT2D eigenvalue weighted by Crippen LogP contribution is 2.36. The Balaban J connectivity index is 2.08. The first-order valence-corrected chi connectivity index (χ1v) is 15.0. The number of hydrogen-bond donors (Lipinski definition) is 1. The molecule has 0 bridgehead atoms. The zero-order valence-corrected chi connectivity index (χ0v) is 25.0. The van der Waals surface area contributed by atoms with Crippen molar-refractivity contribution >= 4 is 29.6 Å². The van der Waals surface area contributed by atoms with Gasteiger partial charge in [-0.25, -0.2) is 4.79 Å². The van der Waals surface area contributed by atoms with E-state index in [9.17, 15) is 4.79 Å². The quantitative estimate of drug-likeness (QED) is 0.277. The van der Waals surface area contributed by atoms with E-state index in [1.165, 1.54) is 26.5 Å². The number of pyridine rings is 1. The summed E-state index contributed by atoms with van der Waals surface area (Å²) in [6.07, 6.45) is 2.52. The molecule has 198 valence electrons. The molecule has 0 saturated heterocycles. The Labute approximate surface area is 231 Å². The first kappa shape index (κ1) is 29.1. The van der Waals surface area contributed by atoms with Crippen LogP contribution in [0.15, 0.2) is 58.3 Å². The van der Waals surface area contributed by atoms with Gasteiger partial charge in [0.2, 0.25) is 0 Å². The number of hydrogen-bond acceptors (Lipinski definition) is 5. The SMILES string of the molecule is CSc1ccc(SCc2c(C)nc(CC(C)C)c(CNC(=O)OC(C)(C)C)c2-c2ccc(C)cc2)cc1. The molecule has 0 radical (unpaired) electrons. The van der Waals surface area contributed by atoms with Crippen molar-refractivity contribution < 1.29 is 9.53 Å². The van der Waals surface area contributed by atoms with Gasteiger partial charge in [-0.15, -0.1) is 23.5 Å². The number of alkyl carbamates (subject to hydrolysis) is 1. The van der Waals surface area contributed by atoms with Gasteiger partial charge in [0.15, 0.2) is 0 Å². The maximum atomic E-state index is 12.6. The summed E-state index contributed by atoms with van der Waals surface area (Å²) in [4.78, 5) is 20.2. The molecule has 0 fully saturated rings. The summed E-state index contributed by atoms with van der Waals surface area (Å²) < 4.78 is 5.54. The van der Waals surface area contributed by atoms with Gasteiger partial charge in [0.05, 0.1) is 0 Å². The van der Waals surface area contributed by atoms with Crippen molar-refractivity contribution in [3.63, 3.8) is 0 Å². The lowest BCUT2D eigenvalue weighted by Gasteiger charge is -2.23. The summed E-state index contributed by atoms with van der Waals surface area (Å²) in [6, 6.07) is 17.4. The van der Waals surface area contributed by atoms with Gasteiger partial charge in [0.25, 0.3) is 0 Å². The van der Waals surface area contributed by atoms with Crippen LogP contribution in [0.5, 0.6) is 0 Å². The van der Waals surface area contributed by atoms with Gasteiger partial charge < -0.3 is 10.1 Å². The first-order chi connectivity index (χ1) is 17.5. The summed E-state index contributed by atoms with van der Waals surface area (Å²) in [5.74, 6) is 1.23. The van der Waals surface area contributed by atoms with Gasteiger partial charge >= 0.3 is 6.09 Å². The molecule has 4 nitrogen and oxygen atoms in total. The van der Waals surface area contributed by atoms with Crippen molar-refractivity contribution in [2.24, 2.45) is 5.92 Å². The number of thioether (sulfide) groups is 2. The molecular formula is C31H40N2O2S2. The van der Waals surface area contributed by atoms with E-state index in [-0.39, 0.29) is 0 Å². The summed E-state index contributed by atoms with van der Waals surface area (Å²) >= 11 is 3.57. The number of nitrogens with one attached hydrogen (secondary N) is 1. The minimum Gasteiger partial charge on any atom is -0.444 e. The number of rotatable bonds is 9. The van der Waals surface area contributed by atoms with Gasteiger partial charge in [-0.1, -0.05) is 43.7 Å². The van der Waals surface area contributed by atoms with E-state index in [0.29, 0.717) is 12.5 Å². The van der Waals surface area contributed by atoms with E-state index in [0.717, 1.165) is 34.7 Å². The predicted octanol–water partition coefficient (Wildman–Crippen LogP) is 8.60. The molecule has 1 heterocycles. The smallest absolute Gasteiger partial charge is 0.407 e. The van der Waals surface area contributed by atoms with Crippen LogP contribution in [0.25, 0.3) is 11.1 Å². The van der Waals surface area contributed by atoms with E-state index in [4.69, 9.17) is 9.72 Å². The van der Waals surface area contributed by atoms with Crippen molar-refractivity contribution in [2.45, 2.75) is 82.6 Å². The van der Waals surface area contributed by atoms with Crippen LogP contribution >= 0.6 is 23.5 Å². The Morgan fingerprint density at radius 1 is 0.973 bits per heavy atom. The number of aryl methyl sites for hydroxylation is 2. The third-order valence-electron chi connectivity index (χ3n) is 5.88. The Morgan fingerprint density at radius 2 is 1.59 bits per heavy atom. The number of ether oxygens (including phenoxy) is 1. The number of nitrogens with zero attached hydrogens (tertiary/aromatic N) is 1. The van der Waals surface area contributed by atoms with Crippen LogP contribution in [0, 0.1) is 19.8 Å². The maximum Gasteiger partial charge on any atom is 0.407 e. The maximum absolute atomic E-state index is 12.6. The summed E-state index contributed by atoms with van der Waals surface area (Å²) in [5.41, 5.74) is 7.35. The molecule has 0 unspecified atom stereocenters. The van der Waals surface area contributed by atoms with Crippen LogP contribution in [-0.2, 0) is 23.5 Å². The summed E-state index contributed by atoms with van der Waals surface area (Å²) in [6.45, 7) is 14.6. The number of aromatic nitrogens is 1. The fourth-order valence-corrected chi connectivity index (χ4v) is 5.54. The lowest BCUT2D eigenvalue weighted by Crippen LogP contribution is -2.32. The Bertz CT molecular complexity index is 1200. The highest BCUT2D eigenvalue weighted by atomic mass is 32.2. The van der Waals surface area contributed by atoms with Crippen LogP contribution < -0.4 is 5.32 Å². The van der Waals surface area contributed by atoms with Gasteiger partial charge in [0, 0.05) is 39.0 Å². The Kier molecular flexibility index (Phi) is 10.1.